The summed E-state index contributed by atoms with van der Waals surface area (Å²) in [5, 5.41) is 50.5. The Morgan fingerprint density at radius 2 is 2.00 bits per heavy atom. The molecular weight excluding hydrogens is 428 g/mol. The summed E-state index contributed by atoms with van der Waals surface area (Å²) < 4.78 is 27.9. The largest absolute Gasteiger partial charge is 0.462 e. The molecule has 3 fully saturated rings. The van der Waals surface area contributed by atoms with E-state index >= 15 is 0 Å². The predicted octanol–water partition coefficient (Wildman–Crippen LogP) is -1.60. The SMILES string of the molecule is CC(C)CC(=O)O[C@@H]1OC=C(CO[C@@H]2O[C@H](CO)C[C@H](O)[C@H]2O)[C@H]2C3OC3[C@@](O)(CO)[C@@H]12. The highest BCUT2D eigenvalue weighted by atomic mass is 16.7. The second-order valence-corrected chi connectivity index (χ2v) is 9.42. The number of epoxide rings is 1. The van der Waals surface area contributed by atoms with Crippen molar-refractivity contribution >= 4 is 5.97 Å². The van der Waals surface area contributed by atoms with Gasteiger partial charge in [0.2, 0.25) is 6.29 Å². The standard InChI is InChI=1S/C21H32O11/c1-9(2)3-13(25)31-19-15-14(17-18(32-17)21(15,27)8-23)10(6-28-19)7-29-20-16(26)12(24)4-11(5-22)30-20/h6,9,11-12,14-20,22-24,26-27H,3-5,7-8H2,1-2H3/t11-,12-,14+,15+,16+,17?,18?,19-,20+,21+/m0/s1. The summed E-state index contributed by atoms with van der Waals surface area (Å²) in [5.74, 6) is -1.62. The fourth-order valence-corrected chi connectivity index (χ4v) is 4.96. The lowest BCUT2D eigenvalue weighted by molar-refractivity contribution is -0.270. The first-order chi connectivity index (χ1) is 15.2. The van der Waals surface area contributed by atoms with Gasteiger partial charge in [-0.2, -0.15) is 0 Å². The number of ether oxygens (including phenoxy) is 5. The normalized spacial score (nSPS) is 45.0. The molecular formula is C21H32O11. The average molecular weight is 460 g/mol. The first-order valence-corrected chi connectivity index (χ1v) is 11.0. The number of rotatable bonds is 8. The van der Waals surface area contributed by atoms with Crippen molar-refractivity contribution in [2.45, 2.75) is 75.4 Å². The smallest absolute Gasteiger partial charge is 0.309 e. The number of hydrogen-bond donors (Lipinski definition) is 5. The van der Waals surface area contributed by atoms with E-state index in [2.05, 4.69) is 0 Å². The van der Waals surface area contributed by atoms with Crippen molar-refractivity contribution in [1.82, 2.24) is 0 Å². The van der Waals surface area contributed by atoms with Crippen LogP contribution in [0, 0.1) is 17.8 Å². The van der Waals surface area contributed by atoms with Crippen LogP contribution >= 0.6 is 0 Å². The molecule has 11 nitrogen and oxygen atoms in total. The van der Waals surface area contributed by atoms with E-state index in [-0.39, 0.29) is 32.0 Å². The van der Waals surface area contributed by atoms with E-state index in [0.29, 0.717) is 5.57 Å². The molecule has 0 bridgehead atoms. The summed E-state index contributed by atoms with van der Waals surface area (Å²) in [4.78, 5) is 12.2. The summed E-state index contributed by atoms with van der Waals surface area (Å²) >= 11 is 0. The molecule has 0 aromatic heterocycles. The molecule has 3 aliphatic heterocycles. The van der Waals surface area contributed by atoms with Gasteiger partial charge in [-0.15, -0.1) is 0 Å². The second kappa shape index (κ2) is 9.15. The fourth-order valence-electron chi connectivity index (χ4n) is 4.96. The first kappa shape index (κ1) is 23.8. The third-order valence-corrected chi connectivity index (χ3v) is 6.61. The number of carbonyl (C=O) groups is 1. The molecule has 182 valence electrons. The molecule has 1 aliphatic carbocycles. The van der Waals surface area contributed by atoms with E-state index in [4.69, 9.17) is 23.7 Å². The molecule has 1 saturated carbocycles. The number of esters is 1. The molecule has 0 aromatic rings. The minimum atomic E-state index is -1.66. The molecule has 2 saturated heterocycles. The maximum Gasteiger partial charge on any atom is 0.309 e. The molecule has 32 heavy (non-hydrogen) atoms. The van der Waals surface area contributed by atoms with E-state index in [9.17, 15) is 30.3 Å². The van der Waals surface area contributed by atoms with Gasteiger partial charge >= 0.3 is 5.97 Å². The third-order valence-electron chi connectivity index (χ3n) is 6.61. The Morgan fingerprint density at radius 3 is 2.66 bits per heavy atom. The van der Waals surface area contributed by atoms with Crippen molar-refractivity contribution in [2.24, 2.45) is 17.8 Å². The Morgan fingerprint density at radius 1 is 1.25 bits per heavy atom. The molecule has 5 N–H and O–H groups in total. The van der Waals surface area contributed by atoms with Crippen LogP contribution in [0.3, 0.4) is 0 Å². The topological polar surface area (TPSA) is 168 Å². The Bertz CT molecular complexity index is 727. The Hall–Kier alpha value is -1.31. The number of hydrogen-bond acceptors (Lipinski definition) is 11. The van der Waals surface area contributed by atoms with Gasteiger partial charge in [0, 0.05) is 18.8 Å². The van der Waals surface area contributed by atoms with Gasteiger partial charge in [-0.25, -0.2) is 0 Å². The van der Waals surface area contributed by atoms with Crippen LogP contribution in [-0.2, 0) is 28.5 Å². The molecule has 4 rings (SSSR count). The van der Waals surface area contributed by atoms with Gasteiger partial charge in [0.25, 0.3) is 0 Å². The van der Waals surface area contributed by atoms with Crippen molar-refractivity contribution in [2.75, 3.05) is 19.8 Å². The highest BCUT2D eigenvalue weighted by molar-refractivity contribution is 5.69. The maximum absolute atomic E-state index is 12.2. The van der Waals surface area contributed by atoms with E-state index in [1.54, 1.807) is 0 Å². The number of aliphatic hydroxyl groups is 5. The molecule has 10 atom stereocenters. The van der Waals surface area contributed by atoms with Crippen molar-refractivity contribution in [3.63, 3.8) is 0 Å². The highest BCUT2D eigenvalue weighted by Crippen LogP contribution is 2.58. The quantitative estimate of drug-likeness (QED) is 0.209. The van der Waals surface area contributed by atoms with Gasteiger partial charge < -0.3 is 49.2 Å². The van der Waals surface area contributed by atoms with E-state index in [1.165, 1.54) is 6.26 Å². The van der Waals surface area contributed by atoms with E-state index in [0.717, 1.165) is 0 Å². The number of fused-ring (bicyclic) bond motifs is 3. The zero-order valence-electron chi connectivity index (χ0n) is 18.1. The minimum Gasteiger partial charge on any atom is -0.462 e. The zero-order valence-corrected chi connectivity index (χ0v) is 18.1. The van der Waals surface area contributed by atoms with Gasteiger partial charge in [0.1, 0.15) is 17.8 Å². The summed E-state index contributed by atoms with van der Waals surface area (Å²) in [5.41, 5.74) is -1.09. The number of carbonyl (C=O) groups excluding carboxylic acids is 1. The molecule has 0 radical (unpaired) electrons. The monoisotopic (exact) mass is 460 g/mol. The van der Waals surface area contributed by atoms with Crippen LogP contribution in [0.15, 0.2) is 11.8 Å². The van der Waals surface area contributed by atoms with Crippen LogP contribution in [0.1, 0.15) is 26.7 Å². The second-order valence-electron chi connectivity index (χ2n) is 9.42. The van der Waals surface area contributed by atoms with Crippen LogP contribution < -0.4 is 0 Å². The summed E-state index contributed by atoms with van der Waals surface area (Å²) in [6, 6.07) is 0. The van der Waals surface area contributed by atoms with Crippen molar-refractivity contribution in [3.05, 3.63) is 11.8 Å². The Balaban J connectivity index is 1.48. The van der Waals surface area contributed by atoms with Crippen LogP contribution in [0.4, 0.5) is 0 Å². The average Bonchev–Trinajstić information content (AvgIpc) is 3.50. The molecule has 3 heterocycles. The Kier molecular flexibility index (Phi) is 6.81. The first-order valence-electron chi connectivity index (χ1n) is 11.0. The third kappa shape index (κ3) is 4.28. The van der Waals surface area contributed by atoms with Crippen LogP contribution in [0.2, 0.25) is 0 Å². The Labute approximate surface area is 185 Å². The molecule has 0 aromatic carbocycles. The van der Waals surface area contributed by atoms with Crippen LogP contribution in [-0.4, -0.2) is 100 Å². The van der Waals surface area contributed by atoms with Crippen LogP contribution in [0.25, 0.3) is 0 Å². The molecule has 11 heteroatoms. The van der Waals surface area contributed by atoms with E-state index < -0.39 is 73.1 Å². The summed E-state index contributed by atoms with van der Waals surface area (Å²) in [6.45, 7) is 2.74. The van der Waals surface area contributed by atoms with Crippen molar-refractivity contribution in [3.8, 4) is 0 Å². The predicted molar refractivity (Wildman–Crippen MR) is 105 cm³/mol. The summed E-state index contributed by atoms with van der Waals surface area (Å²) in [6.07, 6.45) is -4.74. The maximum atomic E-state index is 12.2. The lowest BCUT2D eigenvalue weighted by Crippen LogP contribution is -2.54. The molecule has 0 amide bonds. The number of aliphatic hydroxyl groups excluding tert-OH is 4. The van der Waals surface area contributed by atoms with Gasteiger partial charge in [-0.05, 0) is 11.5 Å². The highest BCUT2D eigenvalue weighted by Gasteiger charge is 2.74. The van der Waals surface area contributed by atoms with Crippen molar-refractivity contribution in [1.29, 1.82) is 0 Å². The molecule has 4 aliphatic rings. The lowest BCUT2D eigenvalue weighted by atomic mass is 9.79. The van der Waals surface area contributed by atoms with Crippen LogP contribution in [0.5, 0.6) is 0 Å². The van der Waals surface area contributed by atoms with Gasteiger partial charge in [0.05, 0.1) is 50.3 Å². The molecule has 0 spiro atoms. The summed E-state index contributed by atoms with van der Waals surface area (Å²) in [7, 11) is 0. The minimum absolute atomic E-state index is 0.0819. The zero-order chi connectivity index (χ0) is 23.2. The lowest BCUT2D eigenvalue weighted by Gasteiger charge is -2.41. The van der Waals surface area contributed by atoms with E-state index in [1.807, 2.05) is 13.8 Å². The van der Waals surface area contributed by atoms with Crippen molar-refractivity contribution < 1.29 is 54.0 Å². The van der Waals surface area contributed by atoms with Gasteiger partial charge in [-0.3, -0.25) is 4.79 Å². The van der Waals surface area contributed by atoms with Gasteiger partial charge in [0.15, 0.2) is 6.29 Å². The fraction of sp³-hybridized carbons (Fsp3) is 0.857. The molecule has 2 unspecified atom stereocenters. The van der Waals surface area contributed by atoms with Gasteiger partial charge in [-0.1, -0.05) is 13.8 Å².